The number of carboxylic acid groups (broad SMARTS) is 1. The van der Waals surface area contributed by atoms with Crippen LogP contribution in [-0.2, 0) is 7.05 Å². The Hall–Kier alpha value is -1.89. The van der Waals surface area contributed by atoms with Crippen molar-refractivity contribution in [2.24, 2.45) is 7.05 Å². The number of nitrogens with zero attached hydrogens (tertiary/aromatic N) is 2. The van der Waals surface area contributed by atoms with Gasteiger partial charge in [0.15, 0.2) is 17.3 Å². The molecule has 1 aromatic heterocycles. The number of hydrogen-bond acceptors (Lipinski definition) is 3. The molecule has 0 aliphatic rings. The van der Waals surface area contributed by atoms with Crippen LogP contribution in [0.1, 0.15) is 10.5 Å². The molecule has 1 N–H and O–H groups in total. The predicted octanol–water partition coefficient (Wildman–Crippen LogP) is 2.70. The fourth-order valence-corrected chi connectivity index (χ4v) is 2.16. The molecule has 0 amide bonds. The van der Waals surface area contributed by atoms with Crippen LogP contribution in [0.15, 0.2) is 22.7 Å². The van der Waals surface area contributed by atoms with Gasteiger partial charge in [0.1, 0.15) is 0 Å². The zero-order valence-electron chi connectivity index (χ0n) is 10.1. The van der Waals surface area contributed by atoms with Crippen molar-refractivity contribution < 1.29 is 19.0 Å². The number of aryl methyl sites for hydroxylation is 1. The molecule has 0 atom stereocenters. The Morgan fingerprint density at radius 1 is 1.47 bits per heavy atom. The van der Waals surface area contributed by atoms with Crippen molar-refractivity contribution in [2.45, 2.75) is 0 Å². The van der Waals surface area contributed by atoms with Crippen LogP contribution in [0.3, 0.4) is 0 Å². The minimum atomic E-state index is -1.16. The first kappa shape index (κ1) is 13.5. The summed E-state index contributed by atoms with van der Waals surface area (Å²) < 4.78 is 21.1. The summed E-state index contributed by atoms with van der Waals surface area (Å²) in [7, 11) is 2.91. The highest BCUT2D eigenvalue weighted by atomic mass is 79.9. The number of ether oxygens (including phenoxy) is 1. The van der Waals surface area contributed by atoms with Gasteiger partial charge < -0.3 is 9.84 Å². The van der Waals surface area contributed by atoms with E-state index in [2.05, 4.69) is 21.0 Å². The van der Waals surface area contributed by atoms with E-state index in [9.17, 15) is 9.18 Å². The molecule has 0 bridgehead atoms. The first-order valence-electron chi connectivity index (χ1n) is 5.24. The number of aromatic nitrogens is 2. The van der Waals surface area contributed by atoms with Crippen LogP contribution in [0, 0.1) is 5.82 Å². The molecule has 2 rings (SSSR count). The van der Waals surface area contributed by atoms with E-state index < -0.39 is 11.8 Å². The van der Waals surface area contributed by atoms with E-state index in [-0.39, 0.29) is 17.0 Å². The Kier molecular flexibility index (Phi) is 3.57. The Balaban J connectivity index is 2.65. The lowest BCUT2D eigenvalue weighted by atomic mass is 10.1. The number of carbonyl (C=O) groups is 1. The largest absolute Gasteiger partial charge is 0.494 e. The topological polar surface area (TPSA) is 64.3 Å². The molecule has 0 unspecified atom stereocenters. The maximum absolute atomic E-state index is 14.2. The van der Waals surface area contributed by atoms with E-state index in [1.807, 2.05) is 0 Å². The Bertz CT molecular complexity index is 655. The van der Waals surface area contributed by atoms with Gasteiger partial charge in [-0.3, -0.25) is 4.68 Å². The Morgan fingerprint density at radius 2 is 2.16 bits per heavy atom. The second kappa shape index (κ2) is 5.00. The van der Waals surface area contributed by atoms with Gasteiger partial charge in [-0.05, 0) is 18.2 Å². The third-order valence-corrected chi connectivity index (χ3v) is 3.06. The summed E-state index contributed by atoms with van der Waals surface area (Å²) >= 11 is 3.25. The van der Waals surface area contributed by atoms with Crippen molar-refractivity contribution >= 4 is 21.9 Å². The monoisotopic (exact) mass is 328 g/mol. The van der Waals surface area contributed by atoms with Gasteiger partial charge in [-0.25, -0.2) is 9.18 Å². The van der Waals surface area contributed by atoms with Crippen LogP contribution in [0.5, 0.6) is 5.75 Å². The minimum absolute atomic E-state index is 0.0717. The van der Waals surface area contributed by atoms with Gasteiger partial charge in [-0.15, -0.1) is 0 Å². The van der Waals surface area contributed by atoms with Crippen molar-refractivity contribution in [1.82, 2.24) is 9.78 Å². The van der Waals surface area contributed by atoms with Crippen LogP contribution < -0.4 is 4.74 Å². The fourth-order valence-electron chi connectivity index (χ4n) is 1.72. The van der Waals surface area contributed by atoms with Crippen molar-refractivity contribution in [2.75, 3.05) is 7.11 Å². The highest BCUT2D eigenvalue weighted by molar-refractivity contribution is 9.10. The standard InChI is InChI=1S/C12H10BrFN2O3/c1-16-9(5-8(15-16)12(17)18)7-3-6(13)4-10(19-2)11(7)14/h3-5H,1-2H3,(H,17,18). The van der Waals surface area contributed by atoms with Crippen molar-refractivity contribution in [3.63, 3.8) is 0 Å². The average molecular weight is 329 g/mol. The first-order chi connectivity index (χ1) is 8.93. The zero-order chi connectivity index (χ0) is 14.2. The van der Waals surface area contributed by atoms with Gasteiger partial charge in [-0.2, -0.15) is 5.10 Å². The van der Waals surface area contributed by atoms with Gasteiger partial charge in [0.05, 0.1) is 12.8 Å². The molecule has 0 spiro atoms. The quantitative estimate of drug-likeness (QED) is 0.940. The van der Waals surface area contributed by atoms with E-state index in [4.69, 9.17) is 9.84 Å². The maximum atomic E-state index is 14.2. The van der Waals surface area contributed by atoms with Gasteiger partial charge in [-0.1, -0.05) is 15.9 Å². The molecule has 0 fully saturated rings. The Labute approximate surface area is 116 Å². The van der Waals surface area contributed by atoms with Crippen molar-refractivity contribution in [3.05, 3.63) is 34.2 Å². The number of hydrogen-bond donors (Lipinski definition) is 1. The maximum Gasteiger partial charge on any atom is 0.356 e. The molecule has 0 saturated carbocycles. The molecule has 0 saturated heterocycles. The minimum Gasteiger partial charge on any atom is -0.494 e. The molecule has 0 aliphatic carbocycles. The van der Waals surface area contributed by atoms with Crippen LogP contribution in [-0.4, -0.2) is 28.0 Å². The highest BCUT2D eigenvalue weighted by Crippen LogP contribution is 2.33. The average Bonchev–Trinajstić information content (AvgIpc) is 2.74. The number of rotatable bonds is 3. The molecule has 0 aliphatic heterocycles. The van der Waals surface area contributed by atoms with E-state index in [1.165, 1.54) is 23.9 Å². The van der Waals surface area contributed by atoms with Crippen molar-refractivity contribution in [1.29, 1.82) is 0 Å². The molecule has 19 heavy (non-hydrogen) atoms. The Morgan fingerprint density at radius 3 is 2.68 bits per heavy atom. The summed E-state index contributed by atoms with van der Waals surface area (Å²) in [5.41, 5.74) is 0.430. The number of methoxy groups -OCH3 is 1. The zero-order valence-corrected chi connectivity index (χ0v) is 11.7. The molecule has 2 aromatic rings. The number of halogens is 2. The molecule has 7 heteroatoms. The number of carboxylic acids is 1. The summed E-state index contributed by atoms with van der Waals surface area (Å²) in [4.78, 5) is 10.9. The van der Waals surface area contributed by atoms with E-state index >= 15 is 0 Å². The summed E-state index contributed by atoms with van der Waals surface area (Å²) in [6, 6.07) is 4.35. The highest BCUT2D eigenvalue weighted by Gasteiger charge is 2.18. The van der Waals surface area contributed by atoms with E-state index in [1.54, 1.807) is 13.1 Å². The van der Waals surface area contributed by atoms with Crippen molar-refractivity contribution in [3.8, 4) is 17.0 Å². The normalized spacial score (nSPS) is 10.5. The van der Waals surface area contributed by atoms with Gasteiger partial charge >= 0.3 is 5.97 Å². The molecule has 100 valence electrons. The van der Waals surface area contributed by atoms with Gasteiger partial charge in [0.2, 0.25) is 0 Å². The molecular formula is C12H10BrFN2O3. The predicted molar refractivity (Wildman–Crippen MR) is 69.8 cm³/mol. The van der Waals surface area contributed by atoms with Gasteiger partial charge in [0, 0.05) is 17.1 Å². The smallest absolute Gasteiger partial charge is 0.356 e. The summed E-state index contributed by atoms with van der Waals surface area (Å²) in [6.07, 6.45) is 0. The number of benzene rings is 1. The molecule has 1 aromatic carbocycles. The SMILES string of the molecule is COc1cc(Br)cc(-c2cc(C(=O)O)nn2C)c1F. The third-order valence-electron chi connectivity index (χ3n) is 2.60. The summed E-state index contributed by atoms with van der Waals surface area (Å²) in [5.74, 6) is -1.66. The lowest BCUT2D eigenvalue weighted by Crippen LogP contribution is -2.00. The molecule has 5 nitrogen and oxygen atoms in total. The summed E-state index contributed by atoms with van der Waals surface area (Å²) in [6.45, 7) is 0. The molecule has 1 heterocycles. The van der Waals surface area contributed by atoms with Crippen LogP contribution in [0.2, 0.25) is 0 Å². The van der Waals surface area contributed by atoms with Crippen LogP contribution >= 0.6 is 15.9 Å². The van der Waals surface area contributed by atoms with E-state index in [0.29, 0.717) is 10.2 Å². The molecule has 0 radical (unpaired) electrons. The van der Waals surface area contributed by atoms with Crippen LogP contribution in [0.4, 0.5) is 4.39 Å². The molecular weight excluding hydrogens is 319 g/mol. The van der Waals surface area contributed by atoms with E-state index in [0.717, 1.165) is 0 Å². The lowest BCUT2D eigenvalue weighted by molar-refractivity contribution is 0.0689. The van der Waals surface area contributed by atoms with Gasteiger partial charge in [0.25, 0.3) is 0 Å². The lowest BCUT2D eigenvalue weighted by Gasteiger charge is -2.08. The second-order valence-electron chi connectivity index (χ2n) is 3.81. The fraction of sp³-hybridized carbons (Fsp3) is 0.167. The second-order valence-corrected chi connectivity index (χ2v) is 4.73. The summed E-state index contributed by atoms with van der Waals surface area (Å²) in [5, 5.41) is 12.7. The number of aromatic carboxylic acids is 1. The third kappa shape index (κ3) is 2.46. The van der Waals surface area contributed by atoms with Crippen LogP contribution in [0.25, 0.3) is 11.3 Å². The first-order valence-corrected chi connectivity index (χ1v) is 6.04.